The van der Waals surface area contributed by atoms with Gasteiger partial charge in [0.1, 0.15) is 6.29 Å². The summed E-state index contributed by atoms with van der Waals surface area (Å²) in [6.07, 6.45) is 10.9. The van der Waals surface area contributed by atoms with Gasteiger partial charge in [0, 0.05) is 12.5 Å². The summed E-state index contributed by atoms with van der Waals surface area (Å²) in [5.74, 6) is 0.356. The Kier molecular flexibility index (Phi) is 11.2. The van der Waals surface area contributed by atoms with Crippen LogP contribution in [-0.4, -0.2) is 22.7 Å². The normalized spacial score (nSPS) is 12.2. The van der Waals surface area contributed by atoms with Crippen LogP contribution in [0.3, 0.4) is 0 Å². The van der Waals surface area contributed by atoms with E-state index < -0.39 is 9.76 Å². The number of carbonyl (C=O) groups is 1. The van der Waals surface area contributed by atoms with E-state index in [1.165, 1.54) is 35.1 Å². The number of aldehydes is 1. The Morgan fingerprint density at radius 3 is 1.94 bits per heavy atom. The minimum absolute atomic E-state index is 0.125. The molecule has 0 unspecified atom stereocenters. The van der Waals surface area contributed by atoms with E-state index in [9.17, 15) is 4.79 Å². The van der Waals surface area contributed by atoms with Crippen LogP contribution < -0.4 is 0 Å². The second kappa shape index (κ2) is 14.6. The van der Waals surface area contributed by atoms with Crippen LogP contribution in [0.2, 0.25) is 5.04 Å². The van der Waals surface area contributed by atoms with Gasteiger partial charge in [0.15, 0.2) is 9.76 Å². The average molecular weight is 485 g/mol. The Morgan fingerprint density at radius 2 is 1.34 bits per heavy atom. The van der Waals surface area contributed by atoms with Crippen LogP contribution in [0.15, 0.2) is 97.1 Å². The van der Waals surface area contributed by atoms with E-state index in [4.69, 9.17) is 4.43 Å². The van der Waals surface area contributed by atoms with Crippen LogP contribution in [-0.2, 0) is 22.1 Å². The summed E-state index contributed by atoms with van der Waals surface area (Å²) >= 11 is 0. The number of aryl methyl sites for hydroxylation is 2. The minimum Gasteiger partial charge on any atom is -0.423 e. The van der Waals surface area contributed by atoms with Gasteiger partial charge in [-0.1, -0.05) is 111 Å². The second-order valence-electron chi connectivity index (χ2n) is 9.98. The standard InChI is InChI=1S/C32H40O2Si/c1-32(2,31(29-21-7-3-8-22-29)30-23-9-4-10-24-30)35-34-26-16-6-12-18-28-20-14-13-19-27(28)17-11-5-15-25-33/h3-5,7-10,13-15,19-25,31H,6,11-12,16-18,26,35H2,1-2H3/b15-5+. The minimum atomic E-state index is -0.733. The zero-order chi connectivity index (χ0) is 24.8. The molecule has 0 aliphatic heterocycles. The average Bonchev–Trinajstić information content (AvgIpc) is 2.88. The Morgan fingerprint density at radius 1 is 0.771 bits per heavy atom. The highest BCUT2D eigenvalue weighted by Gasteiger charge is 2.33. The molecule has 0 saturated heterocycles. The summed E-state index contributed by atoms with van der Waals surface area (Å²) in [4.78, 5) is 10.5. The van der Waals surface area contributed by atoms with Crippen LogP contribution in [0.1, 0.15) is 67.7 Å². The highest BCUT2D eigenvalue weighted by atomic mass is 28.2. The van der Waals surface area contributed by atoms with Crippen molar-refractivity contribution in [1.29, 1.82) is 0 Å². The number of allylic oxidation sites excluding steroid dienone is 2. The maximum atomic E-state index is 10.5. The molecule has 3 rings (SSSR count). The summed E-state index contributed by atoms with van der Waals surface area (Å²) in [5, 5.41) is 0.125. The number of hydrogen-bond donors (Lipinski definition) is 0. The third-order valence-electron chi connectivity index (χ3n) is 6.67. The van der Waals surface area contributed by atoms with Crippen LogP contribution in [0.5, 0.6) is 0 Å². The largest absolute Gasteiger partial charge is 0.423 e. The molecule has 184 valence electrons. The predicted molar refractivity (Wildman–Crippen MR) is 151 cm³/mol. The molecule has 0 amide bonds. The molecule has 0 heterocycles. The SMILES string of the molecule is CC(C)([SiH2]OCCCCCc1ccccc1CC/C=C/C=O)C(c1ccccc1)c1ccccc1. The highest BCUT2D eigenvalue weighted by Crippen LogP contribution is 2.45. The molecular formula is C32H40O2Si. The summed E-state index contributed by atoms with van der Waals surface area (Å²) in [6.45, 7) is 5.63. The summed E-state index contributed by atoms with van der Waals surface area (Å²) in [5.41, 5.74) is 5.60. The van der Waals surface area contributed by atoms with Gasteiger partial charge in [-0.25, -0.2) is 0 Å². The predicted octanol–water partition coefficient (Wildman–Crippen LogP) is 7.22. The number of benzene rings is 3. The van der Waals surface area contributed by atoms with Gasteiger partial charge >= 0.3 is 0 Å². The van der Waals surface area contributed by atoms with Crippen molar-refractivity contribution in [3.8, 4) is 0 Å². The van der Waals surface area contributed by atoms with Crippen molar-refractivity contribution in [2.45, 2.75) is 63.3 Å². The molecule has 0 N–H and O–H groups in total. The van der Waals surface area contributed by atoms with Crippen LogP contribution in [0.4, 0.5) is 0 Å². The Balaban J connectivity index is 1.45. The van der Waals surface area contributed by atoms with Crippen molar-refractivity contribution in [3.63, 3.8) is 0 Å². The Labute approximate surface area is 214 Å². The lowest BCUT2D eigenvalue weighted by molar-refractivity contribution is -0.104. The van der Waals surface area contributed by atoms with Crippen molar-refractivity contribution in [3.05, 3.63) is 119 Å². The molecule has 2 nitrogen and oxygen atoms in total. The van der Waals surface area contributed by atoms with E-state index >= 15 is 0 Å². The van der Waals surface area contributed by atoms with E-state index in [0.717, 1.165) is 38.6 Å². The van der Waals surface area contributed by atoms with Gasteiger partial charge in [0.05, 0.1) is 0 Å². The summed E-state index contributed by atoms with van der Waals surface area (Å²) in [6, 6.07) is 30.5. The monoisotopic (exact) mass is 484 g/mol. The van der Waals surface area contributed by atoms with Crippen molar-refractivity contribution < 1.29 is 9.22 Å². The first-order valence-corrected chi connectivity index (χ1v) is 14.2. The van der Waals surface area contributed by atoms with Gasteiger partial charge in [-0.3, -0.25) is 4.79 Å². The number of hydrogen-bond acceptors (Lipinski definition) is 2. The molecule has 3 aromatic rings. The maximum Gasteiger partial charge on any atom is 0.168 e. The van der Waals surface area contributed by atoms with Gasteiger partial charge < -0.3 is 4.43 Å². The third kappa shape index (κ3) is 8.76. The fourth-order valence-electron chi connectivity index (χ4n) is 4.94. The highest BCUT2D eigenvalue weighted by molar-refractivity contribution is 6.32. The summed E-state index contributed by atoms with van der Waals surface area (Å²) < 4.78 is 6.38. The van der Waals surface area contributed by atoms with Crippen LogP contribution >= 0.6 is 0 Å². The smallest absolute Gasteiger partial charge is 0.168 e. The molecule has 3 heteroatoms. The first-order valence-electron chi connectivity index (χ1n) is 13.0. The first-order chi connectivity index (χ1) is 17.1. The van der Waals surface area contributed by atoms with Crippen molar-refractivity contribution in [1.82, 2.24) is 0 Å². The molecule has 0 saturated carbocycles. The van der Waals surface area contributed by atoms with Crippen molar-refractivity contribution >= 4 is 16.0 Å². The van der Waals surface area contributed by atoms with E-state index in [1.54, 1.807) is 6.08 Å². The van der Waals surface area contributed by atoms with Gasteiger partial charge in [-0.15, -0.1) is 0 Å². The lowest BCUT2D eigenvalue weighted by Gasteiger charge is -2.34. The molecule has 35 heavy (non-hydrogen) atoms. The fraction of sp³-hybridized carbons (Fsp3) is 0.344. The lowest BCUT2D eigenvalue weighted by atomic mass is 9.82. The van der Waals surface area contributed by atoms with Crippen molar-refractivity contribution in [2.75, 3.05) is 6.61 Å². The van der Waals surface area contributed by atoms with Gasteiger partial charge in [0.25, 0.3) is 0 Å². The van der Waals surface area contributed by atoms with E-state index in [1.807, 2.05) is 6.08 Å². The fourth-order valence-corrected chi connectivity index (χ4v) is 6.45. The molecule has 0 spiro atoms. The van der Waals surface area contributed by atoms with Gasteiger partial charge in [-0.2, -0.15) is 0 Å². The van der Waals surface area contributed by atoms with E-state index in [0.29, 0.717) is 5.92 Å². The zero-order valence-electron chi connectivity index (χ0n) is 21.4. The third-order valence-corrected chi connectivity index (χ3v) is 8.31. The lowest BCUT2D eigenvalue weighted by Crippen LogP contribution is -2.25. The molecule has 0 atom stereocenters. The van der Waals surface area contributed by atoms with Crippen LogP contribution in [0, 0.1) is 0 Å². The van der Waals surface area contributed by atoms with Crippen molar-refractivity contribution in [2.24, 2.45) is 0 Å². The summed E-state index contributed by atoms with van der Waals surface area (Å²) in [7, 11) is -0.733. The van der Waals surface area contributed by atoms with Gasteiger partial charge in [0.2, 0.25) is 0 Å². The zero-order valence-corrected chi connectivity index (χ0v) is 22.8. The van der Waals surface area contributed by atoms with E-state index in [2.05, 4.69) is 98.8 Å². The second-order valence-corrected chi connectivity index (χ2v) is 12.5. The molecule has 0 radical (unpaired) electrons. The number of carbonyl (C=O) groups excluding carboxylic acids is 1. The molecule has 0 aliphatic carbocycles. The quantitative estimate of drug-likeness (QED) is 0.0985. The number of rotatable bonds is 15. The molecule has 3 aromatic carbocycles. The van der Waals surface area contributed by atoms with Crippen LogP contribution in [0.25, 0.3) is 0 Å². The molecular weight excluding hydrogens is 444 g/mol. The van der Waals surface area contributed by atoms with E-state index in [-0.39, 0.29) is 5.04 Å². The molecule has 0 fully saturated rings. The molecule has 0 aliphatic rings. The topological polar surface area (TPSA) is 26.3 Å². The number of unbranched alkanes of at least 4 members (excludes halogenated alkanes) is 2. The Hall–Kier alpha value is -2.75. The molecule has 0 bridgehead atoms. The maximum absolute atomic E-state index is 10.5. The van der Waals surface area contributed by atoms with Gasteiger partial charge in [-0.05, 0) is 65.5 Å². The molecule has 0 aromatic heterocycles. The first kappa shape index (κ1) is 26.8. The Bertz CT molecular complexity index is 988.